The highest BCUT2D eigenvalue weighted by molar-refractivity contribution is 7.10. The van der Waals surface area contributed by atoms with Crippen LogP contribution in [0.5, 0.6) is 0 Å². The molecule has 2 unspecified atom stereocenters. The number of esters is 1. The zero-order valence-electron chi connectivity index (χ0n) is 8.03. The second-order valence-corrected chi connectivity index (χ2v) is 4.41. The third-order valence-corrected chi connectivity index (χ3v) is 3.60. The fraction of sp³-hybridized carbons (Fsp3) is 0.500. The molecule has 1 aromatic heterocycles. The zero-order chi connectivity index (χ0) is 9.97. The lowest BCUT2D eigenvalue weighted by Crippen LogP contribution is -2.31. The third kappa shape index (κ3) is 1.81. The second-order valence-electron chi connectivity index (χ2n) is 3.43. The first-order valence-corrected chi connectivity index (χ1v) is 5.54. The predicted octanol–water partition coefficient (Wildman–Crippen LogP) is 1.37. The summed E-state index contributed by atoms with van der Waals surface area (Å²) in [5.74, 6) is 0.322. The first-order valence-electron chi connectivity index (χ1n) is 4.66. The Morgan fingerprint density at radius 3 is 3.21 bits per heavy atom. The molecular formula is C10H13NO2S. The smallest absolute Gasteiger partial charge is 0.322 e. The molecule has 76 valence electrons. The van der Waals surface area contributed by atoms with Crippen LogP contribution >= 0.6 is 11.3 Å². The highest BCUT2D eigenvalue weighted by atomic mass is 32.1. The van der Waals surface area contributed by atoms with Gasteiger partial charge in [0, 0.05) is 17.3 Å². The molecule has 0 aliphatic carbocycles. The monoisotopic (exact) mass is 211 g/mol. The third-order valence-electron chi connectivity index (χ3n) is 2.56. The molecule has 2 heterocycles. The van der Waals surface area contributed by atoms with Gasteiger partial charge in [-0.05, 0) is 17.9 Å². The van der Waals surface area contributed by atoms with Crippen molar-refractivity contribution in [3.05, 3.63) is 22.4 Å². The highest BCUT2D eigenvalue weighted by Gasteiger charge is 2.31. The van der Waals surface area contributed by atoms with Crippen molar-refractivity contribution in [2.24, 2.45) is 0 Å². The SMILES string of the molecule is COC(=O)C1CC(c2cccs2)CN1. The summed E-state index contributed by atoms with van der Waals surface area (Å²) < 4.78 is 4.70. The van der Waals surface area contributed by atoms with E-state index >= 15 is 0 Å². The van der Waals surface area contributed by atoms with Gasteiger partial charge >= 0.3 is 5.97 Å². The molecule has 1 aliphatic heterocycles. The van der Waals surface area contributed by atoms with E-state index in [9.17, 15) is 4.79 Å². The van der Waals surface area contributed by atoms with Gasteiger partial charge in [0.2, 0.25) is 0 Å². The van der Waals surface area contributed by atoms with E-state index in [0.29, 0.717) is 5.92 Å². The minimum Gasteiger partial charge on any atom is -0.468 e. The Hall–Kier alpha value is -0.870. The van der Waals surface area contributed by atoms with Crippen LogP contribution in [-0.2, 0) is 9.53 Å². The standard InChI is InChI=1S/C10H13NO2S/c1-13-10(12)8-5-7(6-11-8)9-3-2-4-14-9/h2-4,7-8,11H,5-6H2,1H3. The molecule has 1 saturated heterocycles. The van der Waals surface area contributed by atoms with Crippen molar-refractivity contribution < 1.29 is 9.53 Å². The summed E-state index contributed by atoms with van der Waals surface area (Å²) in [4.78, 5) is 12.6. The summed E-state index contributed by atoms with van der Waals surface area (Å²) in [5.41, 5.74) is 0. The van der Waals surface area contributed by atoms with Crippen molar-refractivity contribution in [1.29, 1.82) is 0 Å². The number of hydrogen-bond donors (Lipinski definition) is 1. The van der Waals surface area contributed by atoms with Gasteiger partial charge in [0.15, 0.2) is 0 Å². The molecular weight excluding hydrogens is 198 g/mol. The Labute approximate surface area is 87.1 Å². The molecule has 0 radical (unpaired) electrons. The van der Waals surface area contributed by atoms with Crippen LogP contribution in [0, 0.1) is 0 Å². The van der Waals surface area contributed by atoms with Crippen LogP contribution in [0.15, 0.2) is 17.5 Å². The molecule has 0 bridgehead atoms. The average Bonchev–Trinajstić information content (AvgIpc) is 2.86. The summed E-state index contributed by atoms with van der Waals surface area (Å²) in [6.07, 6.45) is 0.854. The van der Waals surface area contributed by atoms with Crippen molar-refractivity contribution in [3.63, 3.8) is 0 Å². The summed E-state index contributed by atoms with van der Waals surface area (Å²) in [6.45, 7) is 0.875. The maximum Gasteiger partial charge on any atom is 0.322 e. The molecule has 0 saturated carbocycles. The number of carbonyl (C=O) groups excluding carboxylic acids is 1. The Bertz CT molecular complexity index is 310. The molecule has 4 heteroatoms. The summed E-state index contributed by atoms with van der Waals surface area (Å²) >= 11 is 1.75. The predicted molar refractivity (Wildman–Crippen MR) is 55.5 cm³/mol. The van der Waals surface area contributed by atoms with Gasteiger partial charge in [0.05, 0.1) is 7.11 Å². The van der Waals surface area contributed by atoms with Crippen molar-refractivity contribution in [2.45, 2.75) is 18.4 Å². The highest BCUT2D eigenvalue weighted by Crippen LogP contribution is 2.29. The van der Waals surface area contributed by atoms with Crippen LogP contribution in [0.3, 0.4) is 0 Å². The minimum absolute atomic E-state index is 0.118. The van der Waals surface area contributed by atoms with Gasteiger partial charge in [-0.1, -0.05) is 6.07 Å². The Kier molecular flexibility index (Phi) is 2.84. The van der Waals surface area contributed by atoms with E-state index in [1.54, 1.807) is 11.3 Å². The Morgan fingerprint density at radius 1 is 1.71 bits per heavy atom. The first-order chi connectivity index (χ1) is 6.81. The minimum atomic E-state index is -0.149. The number of ether oxygens (including phenoxy) is 1. The fourth-order valence-electron chi connectivity index (χ4n) is 1.80. The largest absolute Gasteiger partial charge is 0.468 e. The lowest BCUT2D eigenvalue weighted by molar-refractivity contribution is -0.142. The van der Waals surface area contributed by atoms with Crippen molar-refractivity contribution in [1.82, 2.24) is 5.32 Å². The Balaban J connectivity index is 1.98. The quantitative estimate of drug-likeness (QED) is 0.751. The zero-order valence-corrected chi connectivity index (χ0v) is 8.84. The number of rotatable bonds is 2. The molecule has 0 spiro atoms. The molecule has 0 amide bonds. The summed E-state index contributed by atoms with van der Waals surface area (Å²) in [5, 5.41) is 5.25. The van der Waals surface area contributed by atoms with E-state index < -0.39 is 0 Å². The van der Waals surface area contributed by atoms with E-state index in [2.05, 4.69) is 16.8 Å². The molecule has 1 aromatic rings. The van der Waals surface area contributed by atoms with Gasteiger partial charge in [-0.25, -0.2) is 0 Å². The van der Waals surface area contributed by atoms with Gasteiger partial charge in [-0.2, -0.15) is 0 Å². The topological polar surface area (TPSA) is 38.3 Å². The molecule has 1 N–H and O–H groups in total. The van der Waals surface area contributed by atoms with Crippen LogP contribution in [0.4, 0.5) is 0 Å². The molecule has 3 nitrogen and oxygen atoms in total. The van der Waals surface area contributed by atoms with Crippen LogP contribution in [0.2, 0.25) is 0 Å². The summed E-state index contributed by atoms with van der Waals surface area (Å²) in [6, 6.07) is 4.05. The van der Waals surface area contributed by atoms with Gasteiger partial charge < -0.3 is 10.1 Å². The molecule has 1 aliphatic rings. The van der Waals surface area contributed by atoms with E-state index in [4.69, 9.17) is 4.74 Å². The molecule has 14 heavy (non-hydrogen) atoms. The summed E-state index contributed by atoms with van der Waals surface area (Å²) in [7, 11) is 1.43. The van der Waals surface area contributed by atoms with E-state index in [1.165, 1.54) is 12.0 Å². The van der Waals surface area contributed by atoms with E-state index in [1.807, 2.05) is 6.07 Å². The average molecular weight is 211 g/mol. The second kappa shape index (κ2) is 4.11. The maximum atomic E-state index is 11.2. The van der Waals surface area contributed by atoms with Crippen molar-refractivity contribution >= 4 is 17.3 Å². The fourth-order valence-corrected chi connectivity index (χ4v) is 2.64. The van der Waals surface area contributed by atoms with E-state index in [0.717, 1.165) is 13.0 Å². The van der Waals surface area contributed by atoms with Crippen LogP contribution in [0.1, 0.15) is 17.2 Å². The van der Waals surface area contributed by atoms with Gasteiger partial charge in [-0.3, -0.25) is 4.79 Å². The molecule has 1 fully saturated rings. The number of methoxy groups -OCH3 is 1. The molecule has 2 atom stereocenters. The van der Waals surface area contributed by atoms with Crippen LogP contribution in [-0.4, -0.2) is 25.7 Å². The van der Waals surface area contributed by atoms with Gasteiger partial charge in [0.25, 0.3) is 0 Å². The lowest BCUT2D eigenvalue weighted by atomic mass is 10.0. The first kappa shape index (κ1) is 9.68. The number of thiophene rings is 1. The van der Waals surface area contributed by atoms with E-state index in [-0.39, 0.29) is 12.0 Å². The molecule has 2 rings (SSSR count). The Morgan fingerprint density at radius 2 is 2.57 bits per heavy atom. The van der Waals surface area contributed by atoms with Crippen molar-refractivity contribution in [2.75, 3.05) is 13.7 Å². The lowest BCUT2D eigenvalue weighted by Gasteiger charge is -2.06. The van der Waals surface area contributed by atoms with Crippen LogP contribution < -0.4 is 5.32 Å². The molecule has 0 aromatic carbocycles. The number of nitrogens with one attached hydrogen (secondary N) is 1. The van der Waals surface area contributed by atoms with Crippen LogP contribution in [0.25, 0.3) is 0 Å². The number of carbonyl (C=O) groups is 1. The van der Waals surface area contributed by atoms with Gasteiger partial charge in [0.1, 0.15) is 6.04 Å². The normalized spacial score (nSPS) is 26.4. The maximum absolute atomic E-state index is 11.2. The van der Waals surface area contributed by atoms with Gasteiger partial charge in [-0.15, -0.1) is 11.3 Å². The number of hydrogen-bond acceptors (Lipinski definition) is 4. The van der Waals surface area contributed by atoms with Crippen molar-refractivity contribution in [3.8, 4) is 0 Å².